The highest BCUT2D eigenvalue weighted by Crippen LogP contribution is 2.07. The van der Waals surface area contributed by atoms with E-state index >= 15 is 0 Å². The van der Waals surface area contributed by atoms with Crippen molar-refractivity contribution in [2.75, 3.05) is 25.0 Å². The van der Waals surface area contributed by atoms with Crippen molar-refractivity contribution in [2.24, 2.45) is 0 Å². The molecule has 0 bridgehead atoms. The molecule has 1 aliphatic heterocycles. The van der Waals surface area contributed by atoms with Gasteiger partial charge in [-0.15, -0.1) is 0 Å². The molecular formula is C11H16N4. The highest BCUT2D eigenvalue weighted by atomic mass is 15.0. The van der Waals surface area contributed by atoms with Crippen LogP contribution in [0.25, 0.3) is 0 Å². The van der Waals surface area contributed by atoms with Gasteiger partial charge in [-0.25, -0.2) is 9.97 Å². The van der Waals surface area contributed by atoms with Crippen LogP contribution in [0.2, 0.25) is 0 Å². The number of anilines is 1. The number of aromatic nitrogens is 2. The Kier molecular flexibility index (Phi) is 3.29. The Hall–Kier alpha value is -1.42. The Labute approximate surface area is 89.8 Å². The van der Waals surface area contributed by atoms with Gasteiger partial charge in [0.2, 0.25) is 0 Å². The van der Waals surface area contributed by atoms with Crippen LogP contribution in [-0.4, -0.2) is 29.6 Å². The Morgan fingerprint density at radius 1 is 1.53 bits per heavy atom. The first-order valence-electron chi connectivity index (χ1n) is 5.27. The number of nitrogens with zero attached hydrogens (tertiary/aromatic N) is 2. The lowest BCUT2D eigenvalue weighted by Gasteiger charge is -2.14. The van der Waals surface area contributed by atoms with Crippen LogP contribution in [0.1, 0.15) is 12.2 Å². The first-order valence-corrected chi connectivity index (χ1v) is 5.27. The monoisotopic (exact) mass is 204 g/mol. The van der Waals surface area contributed by atoms with Gasteiger partial charge in [0.25, 0.3) is 0 Å². The van der Waals surface area contributed by atoms with Crippen LogP contribution in [0.4, 0.5) is 5.82 Å². The lowest BCUT2D eigenvalue weighted by Crippen LogP contribution is -2.23. The van der Waals surface area contributed by atoms with Gasteiger partial charge in [-0.05, 0) is 26.0 Å². The van der Waals surface area contributed by atoms with Crippen molar-refractivity contribution in [1.82, 2.24) is 15.3 Å². The summed E-state index contributed by atoms with van der Waals surface area (Å²) < 4.78 is 0. The Morgan fingerprint density at radius 3 is 3.20 bits per heavy atom. The molecule has 2 N–H and O–H groups in total. The molecule has 0 aromatic carbocycles. The molecular weight excluding hydrogens is 188 g/mol. The molecule has 1 aromatic rings. The first-order chi connectivity index (χ1) is 7.34. The minimum atomic E-state index is 0.805. The van der Waals surface area contributed by atoms with Crippen LogP contribution in [-0.2, 0) is 0 Å². The fraction of sp³-hybridized carbons (Fsp3) is 0.455. The van der Waals surface area contributed by atoms with Crippen LogP contribution >= 0.6 is 0 Å². The maximum absolute atomic E-state index is 4.29. The third kappa shape index (κ3) is 3.02. The van der Waals surface area contributed by atoms with Gasteiger partial charge in [-0.2, -0.15) is 0 Å². The normalized spacial score (nSPS) is 15.9. The average molecular weight is 204 g/mol. The van der Waals surface area contributed by atoms with Crippen molar-refractivity contribution >= 4 is 5.82 Å². The number of hydrogen-bond donors (Lipinski definition) is 2. The topological polar surface area (TPSA) is 49.8 Å². The van der Waals surface area contributed by atoms with Crippen LogP contribution in [0.3, 0.4) is 0 Å². The Balaban J connectivity index is 1.90. The molecule has 0 fully saturated rings. The Bertz CT molecular complexity index is 359. The van der Waals surface area contributed by atoms with Gasteiger partial charge in [0.1, 0.15) is 11.6 Å². The van der Waals surface area contributed by atoms with Gasteiger partial charge in [0.15, 0.2) is 0 Å². The first kappa shape index (κ1) is 10.1. The molecule has 0 unspecified atom stereocenters. The number of aryl methyl sites for hydroxylation is 1. The molecule has 15 heavy (non-hydrogen) atoms. The van der Waals surface area contributed by atoms with Gasteiger partial charge < -0.3 is 10.6 Å². The van der Waals surface area contributed by atoms with E-state index in [1.807, 2.05) is 13.0 Å². The van der Waals surface area contributed by atoms with E-state index in [9.17, 15) is 0 Å². The van der Waals surface area contributed by atoms with E-state index in [0.717, 1.165) is 37.7 Å². The number of nitrogens with one attached hydrogen (secondary N) is 2. The van der Waals surface area contributed by atoms with Crippen molar-refractivity contribution in [3.63, 3.8) is 0 Å². The number of hydrogen-bond acceptors (Lipinski definition) is 4. The maximum atomic E-state index is 4.29. The fourth-order valence-corrected chi connectivity index (χ4v) is 1.59. The third-order valence-corrected chi connectivity index (χ3v) is 2.43. The van der Waals surface area contributed by atoms with Crippen molar-refractivity contribution in [1.29, 1.82) is 0 Å². The third-order valence-electron chi connectivity index (χ3n) is 2.43. The summed E-state index contributed by atoms with van der Waals surface area (Å²) in [7, 11) is 0. The minimum Gasteiger partial charge on any atom is -0.366 e. The van der Waals surface area contributed by atoms with E-state index in [4.69, 9.17) is 0 Å². The van der Waals surface area contributed by atoms with Crippen molar-refractivity contribution in [3.05, 3.63) is 29.7 Å². The van der Waals surface area contributed by atoms with Crippen LogP contribution in [0.15, 0.2) is 23.9 Å². The second-order valence-electron chi connectivity index (χ2n) is 3.66. The average Bonchev–Trinajstić information content (AvgIpc) is 2.28. The molecule has 0 atom stereocenters. The molecule has 0 saturated carbocycles. The van der Waals surface area contributed by atoms with Crippen molar-refractivity contribution in [3.8, 4) is 0 Å². The molecule has 0 aliphatic carbocycles. The van der Waals surface area contributed by atoms with Crippen LogP contribution in [0.5, 0.6) is 0 Å². The molecule has 4 nitrogen and oxygen atoms in total. The Morgan fingerprint density at radius 2 is 2.47 bits per heavy atom. The van der Waals surface area contributed by atoms with E-state index in [0.29, 0.717) is 0 Å². The molecule has 2 heterocycles. The number of rotatable bonds is 3. The smallest absolute Gasteiger partial charge is 0.129 e. The SMILES string of the molecule is Cc1nccc(NCC2=CCNCC2)n1. The zero-order valence-corrected chi connectivity index (χ0v) is 8.95. The van der Waals surface area contributed by atoms with Crippen molar-refractivity contribution < 1.29 is 0 Å². The van der Waals surface area contributed by atoms with E-state index < -0.39 is 0 Å². The van der Waals surface area contributed by atoms with Crippen molar-refractivity contribution in [2.45, 2.75) is 13.3 Å². The van der Waals surface area contributed by atoms with E-state index in [1.54, 1.807) is 6.20 Å². The summed E-state index contributed by atoms with van der Waals surface area (Å²) in [6.45, 7) is 4.85. The second-order valence-corrected chi connectivity index (χ2v) is 3.66. The summed E-state index contributed by atoms with van der Waals surface area (Å²) in [5.41, 5.74) is 1.45. The largest absolute Gasteiger partial charge is 0.366 e. The summed E-state index contributed by atoms with van der Waals surface area (Å²) >= 11 is 0. The molecule has 0 amide bonds. The molecule has 0 spiro atoms. The lowest BCUT2D eigenvalue weighted by atomic mass is 10.1. The highest BCUT2D eigenvalue weighted by molar-refractivity contribution is 5.35. The standard InChI is InChI=1S/C11H16N4/c1-9-13-7-4-11(15-9)14-8-10-2-5-12-6-3-10/h2,4,7,12H,3,5-6,8H2,1H3,(H,13,14,15). The van der Waals surface area contributed by atoms with Crippen LogP contribution < -0.4 is 10.6 Å². The van der Waals surface area contributed by atoms with Gasteiger partial charge in [0, 0.05) is 19.3 Å². The zero-order valence-electron chi connectivity index (χ0n) is 8.95. The molecule has 1 aliphatic rings. The molecule has 4 heteroatoms. The predicted octanol–water partition coefficient (Wildman–Crippen LogP) is 1.12. The maximum Gasteiger partial charge on any atom is 0.129 e. The van der Waals surface area contributed by atoms with Gasteiger partial charge in [-0.1, -0.05) is 11.6 Å². The molecule has 2 rings (SSSR count). The minimum absolute atomic E-state index is 0.805. The van der Waals surface area contributed by atoms with E-state index in [2.05, 4.69) is 26.7 Å². The molecule has 0 radical (unpaired) electrons. The van der Waals surface area contributed by atoms with E-state index in [-0.39, 0.29) is 0 Å². The van der Waals surface area contributed by atoms with Gasteiger partial charge in [0.05, 0.1) is 0 Å². The quantitative estimate of drug-likeness (QED) is 0.724. The summed E-state index contributed by atoms with van der Waals surface area (Å²) in [6.07, 6.45) is 5.14. The van der Waals surface area contributed by atoms with Crippen LogP contribution in [0, 0.1) is 6.92 Å². The summed E-state index contributed by atoms with van der Waals surface area (Å²) in [6, 6.07) is 1.90. The fourth-order valence-electron chi connectivity index (χ4n) is 1.59. The molecule has 1 aromatic heterocycles. The summed E-state index contributed by atoms with van der Waals surface area (Å²) in [5.74, 6) is 1.71. The second kappa shape index (κ2) is 4.89. The lowest BCUT2D eigenvalue weighted by molar-refractivity contribution is 0.697. The molecule has 80 valence electrons. The highest BCUT2D eigenvalue weighted by Gasteiger charge is 2.02. The molecule has 0 saturated heterocycles. The van der Waals surface area contributed by atoms with Gasteiger partial charge >= 0.3 is 0 Å². The predicted molar refractivity (Wildman–Crippen MR) is 60.8 cm³/mol. The van der Waals surface area contributed by atoms with E-state index in [1.165, 1.54) is 5.57 Å². The summed E-state index contributed by atoms with van der Waals surface area (Å²) in [5, 5.41) is 6.60. The summed E-state index contributed by atoms with van der Waals surface area (Å²) in [4.78, 5) is 8.35. The van der Waals surface area contributed by atoms with Gasteiger partial charge in [-0.3, -0.25) is 0 Å². The zero-order chi connectivity index (χ0) is 10.5.